The molecule has 0 fully saturated rings. The van der Waals surface area contributed by atoms with Gasteiger partial charge < -0.3 is 4.74 Å². The van der Waals surface area contributed by atoms with Gasteiger partial charge in [-0.2, -0.15) is 4.91 Å². The first kappa shape index (κ1) is 12.0. The van der Waals surface area contributed by atoms with E-state index < -0.39 is 17.8 Å². The SMILES string of the molecule is COC(=O)C1=CC(F)=C(CBr)CC1N=O. The molecule has 0 N–H and O–H groups in total. The molecule has 15 heavy (non-hydrogen) atoms. The van der Waals surface area contributed by atoms with Gasteiger partial charge in [0.2, 0.25) is 0 Å². The van der Waals surface area contributed by atoms with Crippen LogP contribution in [0.1, 0.15) is 6.42 Å². The van der Waals surface area contributed by atoms with Crippen molar-refractivity contribution in [3.63, 3.8) is 0 Å². The molecule has 1 unspecified atom stereocenters. The molecule has 0 saturated heterocycles. The van der Waals surface area contributed by atoms with Gasteiger partial charge >= 0.3 is 5.97 Å². The maximum Gasteiger partial charge on any atom is 0.336 e. The first-order chi connectivity index (χ1) is 7.13. The van der Waals surface area contributed by atoms with Crippen molar-refractivity contribution in [2.45, 2.75) is 12.5 Å². The van der Waals surface area contributed by atoms with E-state index in [1.54, 1.807) is 0 Å². The van der Waals surface area contributed by atoms with E-state index in [1.165, 1.54) is 7.11 Å². The molecule has 0 aromatic carbocycles. The van der Waals surface area contributed by atoms with E-state index in [1.807, 2.05) is 0 Å². The standard InChI is InChI=1S/C9H9BrFNO3/c1-15-9(13)6-3-7(11)5(4-10)2-8(6)12-14/h3,8H,2,4H2,1H3. The van der Waals surface area contributed by atoms with E-state index in [0.717, 1.165) is 6.08 Å². The molecule has 0 saturated carbocycles. The highest BCUT2D eigenvalue weighted by Crippen LogP contribution is 2.29. The van der Waals surface area contributed by atoms with Gasteiger partial charge in [-0.15, -0.1) is 0 Å². The Labute approximate surface area is 94.3 Å². The van der Waals surface area contributed by atoms with Gasteiger partial charge in [0.15, 0.2) is 0 Å². The zero-order chi connectivity index (χ0) is 11.4. The van der Waals surface area contributed by atoms with Gasteiger partial charge in [0.1, 0.15) is 11.9 Å². The first-order valence-electron chi connectivity index (χ1n) is 4.19. The molecule has 0 amide bonds. The van der Waals surface area contributed by atoms with Gasteiger partial charge in [0.25, 0.3) is 0 Å². The molecular formula is C9H9BrFNO3. The third kappa shape index (κ3) is 2.50. The summed E-state index contributed by atoms with van der Waals surface area (Å²) in [7, 11) is 1.17. The minimum Gasteiger partial charge on any atom is -0.466 e. The van der Waals surface area contributed by atoms with E-state index >= 15 is 0 Å². The quantitative estimate of drug-likeness (QED) is 0.452. The Hall–Kier alpha value is -1.04. The Morgan fingerprint density at radius 3 is 2.93 bits per heavy atom. The van der Waals surface area contributed by atoms with Crippen LogP contribution in [-0.2, 0) is 9.53 Å². The third-order valence-electron chi connectivity index (χ3n) is 2.13. The summed E-state index contributed by atoms with van der Waals surface area (Å²) in [6.45, 7) is 0. The summed E-state index contributed by atoms with van der Waals surface area (Å²) in [5.74, 6) is -1.23. The zero-order valence-electron chi connectivity index (χ0n) is 8.00. The topological polar surface area (TPSA) is 55.7 Å². The van der Waals surface area contributed by atoms with Crippen LogP contribution in [0.15, 0.2) is 28.2 Å². The van der Waals surface area contributed by atoms with E-state index in [-0.39, 0.29) is 12.0 Å². The lowest BCUT2D eigenvalue weighted by atomic mass is 9.94. The number of carbonyl (C=O) groups is 1. The van der Waals surface area contributed by atoms with Crippen molar-refractivity contribution >= 4 is 21.9 Å². The van der Waals surface area contributed by atoms with E-state index in [9.17, 15) is 14.1 Å². The second kappa shape index (κ2) is 5.16. The molecule has 1 aliphatic rings. The van der Waals surface area contributed by atoms with Crippen LogP contribution in [0.2, 0.25) is 0 Å². The van der Waals surface area contributed by atoms with Crippen LogP contribution in [0.5, 0.6) is 0 Å². The minimum atomic E-state index is -0.857. The first-order valence-corrected chi connectivity index (χ1v) is 5.32. The number of allylic oxidation sites excluding steroid dienone is 2. The average molecular weight is 278 g/mol. The number of hydrogen-bond donors (Lipinski definition) is 0. The molecule has 82 valence electrons. The van der Waals surface area contributed by atoms with Gasteiger partial charge in [0, 0.05) is 11.8 Å². The molecule has 1 atom stereocenters. The van der Waals surface area contributed by atoms with Crippen LogP contribution in [0.4, 0.5) is 4.39 Å². The smallest absolute Gasteiger partial charge is 0.336 e. The van der Waals surface area contributed by atoms with Crippen LogP contribution in [-0.4, -0.2) is 24.5 Å². The number of halogens is 2. The van der Waals surface area contributed by atoms with Gasteiger partial charge in [-0.05, 0) is 11.6 Å². The number of methoxy groups -OCH3 is 1. The van der Waals surface area contributed by atoms with Crippen LogP contribution in [0.3, 0.4) is 0 Å². The maximum atomic E-state index is 13.3. The number of esters is 1. The van der Waals surface area contributed by atoms with Crippen LogP contribution >= 0.6 is 15.9 Å². The number of nitrogens with zero attached hydrogens (tertiary/aromatic N) is 1. The molecule has 4 nitrogen and oxygen atoms in total. The molecular weight excluding hydrogens is 269 g/mol. The van der Waals surface area contributed by atoms with Gasteiger partial charge in [0.05, 0.1) is 12.7 Å². The van der Waals surface area contributed by atoms with Crippen molar-refractivity contribution < 1.29 is 13.9 Å². The summed E-state index contributed by atoms with van der Waals surface area (Å²) >= 11 is 3.10. The van der Waals surface area contributed by atoms with Gasteiger partial charge in [-0.25, -0.2) is 9.18 Å². The summed E-state index contributed by atoms with van der Waals surface area (Å²) in [6, 6.07) is -0.857. The predicted octanol–water partition coefficient (Wildman–Crippen LogP) is 2.24. The molecule has 0 aromatic heterocycles. The number of rotatable bonds is 3. The van der Waals surface area contributed by atoms with Crippen molar-refractivity contribution in [1.29, 1.82) is 0 Å². The molecule has 6 heteroatoms. The average Bonchev–Trinajstić information content (AvgIpc) is 2.27. The summed E-state index contributed by atoms with van der Waals surface area (Å²) in [5.41, 5.74) is 0.391. The lowest BCUT2D eigenvalue weighted by Gasteiger charge is -2.17. The van der Waals surface area contributed by atoms with E-state index in [4.69, 9.17) is 0 Å². The number of nitroso groups, excluding NO2 is 1. The molecule has 1 rings (SSSR count). The largest absolute Gasteiger partial charge is 0.466 e. The van der Waals surface area contributed by atoms with E-state index in [2.05, 4.69) is 25.8 Å². The van der Waals surface area contributed by atoms with Crippen molar-refractivity contribution in [3.8, 4) is 0 Å². The maximum absolute atomic E-state index is 13.3. The van der Waals surface area contributed by atoms with E-state index in [0.29, 0.717) is 10.9 Å². The Balaban J connectivity index is 3.06. The molecule has 0 spiro atoms. The van der Waals surface area contributed by atoms with Crippen molar-refractivity contribution in [3.05, 3.63) is 28.0 Å². The van der Waals surface area contributed by atoms with Crippen LogP contribution in [0.25, 0.3) is 0 Å². The zero-order valence-corrected chi connectivity index (χ0v) is 9.58. The Morgan fingerprint density at radius 2 is 2.47 bits per heavy atom. The number of alkyl halides is 1. The molecule has 0 bridgehead atoms. The number of hydrogen-bond acceptors (Lipinski definition) is 4. The predicted molar refractivity (Wildman–Crippen MR) is 56.2 cm³/mol. The van der Waals surface area contributed by atoms with Gasteiger partial charge in [-0.1, -0.05) is 21.1 Å². The summed E-state index contributed by atoms with van der Waals surface area (Å²) in [5, 5.41) is 3.11. The molecule has 0 aliphatic heterocycles. The lowest BCUT2D eigenvalue weighted by molar-refractivity contribution is -0.136. The molecule has 0 aromatic rings. The molecule has 1 aliphatic carbocycles. The summed E-state index contributed by atoms with van der Waals surface area (Å²) in [4.78, 5) is 21.7. The highest BCUT2D eigenvalue weighted by molar-refractivity contribution is 9.09. The van der Waals surface area contributed by atoms with Crippen molar-refractivity contribution in [1.82, 2.24) is 0 Å². The van der Waals surface area contributed by atoms with Crippen LogP contribution in [0, 0.1) is 4.91 Å². The highest BCUT2D eigenvalue weighted by Gasteiger charge is 2.29. The number of carbonyl (C=O) groups excluding carboxylic acids is 1. The Bertz CT molecular complexity index is 351. The minimum absolute atomic E-state index is 0.0327. The van der Waals surface area contributed by atoms with Crippen molar-refractivity contribution in [2.75, 3.05) is 12.4 Å². The molecule has 0 heterocycles. The summed E-state index contributed by atoms with van der Waals surface area (Å²) in [6.07, 6.45) is 1.12. The Morgan fingerprint density at radius 1 is 1.80 bits per heavy atom. The van der Waals surface area contributed by atoms with Crippen molar-refractivity contribution in [2.24, 2.45) is 5.18 Å². The lowest BCUT2D eigenvalue weighted by Crippen LogP contribution is -2.21. The normalized spacial score (nSPS) is 21.0. The van der Waals surface area contributed by atoms with Gasteiger partial charge in [-0.3, -0.25) is 0 Å². The number of ether oxygens (including phenoxy) is 1. The monoisotopic (exact) mass is 277 g/mol. The second-order valence-corrected chi connectivity index (χ2v) is 3.56. The Kier molecular flexibility index (Phi) is 4.14. The second-order valence-electron chi connectivity index (χ2n) is 3.00. The fraction of sp³-hybridized carbons (Fsp3) is 0.444. The third-order valence-corrected chi connectivity index (χ3v) is 2.81. The summed E-state index contributed by atoms with van der Waals surface area (Å²) < 4.78 is 17.8. The fourth-order valence-electron chi connectivity index (χ4n) is 1.30. The highest BCUT2D eigenvalue weighted by atomic mass is 79.9. The molecule has 0 radical (unpaired) electrons. The fourth-order valence-corrected chi connectivity index (χ4v) is 1.80. The van der Waals surface area contributed by atoms with Crippen LogP contribution < -0.4 is 0 Å².